The summed E-state index contributed by atoms with van der Waals surface area (Å²) in [6.45, 7) is 4.46. The Labute approximate surface area is 232 Å². The molecule has 2 aromatic carbocycles. The summed E-state index contributed by atoms with van der Waals surface area (Å²) in [6, 6.07) is 4.11. The fourth-order valence-electron chi connectivity index (χ4n) is 4.96. The number of hydrogen-bond donors (Lipinski definition) is 2. The predicted octanol–water partition coefficient (Wildman–Crippen LogP) is 3.30. The van der Waals surface area contributed by atoms with Crippen molar-refractivity contribution in [3.05, 3.63) is 79.0 Å². The van der Waals surface area contributed by atoms with Gasteiger partial charge in [0.2, 0.25) is 5.91 Å². The van der Waals surface area contributed by atoms with Gasteiger partial charge in [-0.3, -0.25) is 19.1 Å². The highest BCUT2D eigenvalue weighted by atomic mass is 35.5. The summed E-state index contributed by atoms with van der Waals surface area (Å²) in [5, 5.41) is -0.988. The van der Waals surface area contributed by atoms with Gasteiger partial charge in [-0.05, 0) is 54.3 Å². The van der Waals surface area contributed by atoms with Gasteiger partial charge >= 0.3 is 11.9 Å². The predicted molar refractivity (Wildman–Crippen MR) is 145 cm³/mol. The highest BCUT2D eigenvalue weighted by molar-refractivity contribution is 7.91. The fraction of sp³-hybridized carbons (Fsp3) is 0.346. The van der Waals surface area contributed by atoms with Gasteiger partial charge in [0, 0.05) is 6.54 Å². The number of carbonyl (C=O) groups is 1. The molecule has 3 aromatic rings. The van der Waals surface area contributed by atoms with E-state index in [1.165, 1.54) is 36.1 Å². The van der Waals surface area contributed by atoms with Crippen LogP contribution < -0.4 is 17.0 Å². The largest absolute Gasteiger partial charge is 0.416 e. The monoisotopic (exact) mass is 598 g/mol. The molecule has 214 valence electrons. The van der Waals surface area contributed by atoms with E-state index in [0.29, 0.717) is 35.6 Å². The van der Waals surface area contributed by atoms with Gasteiger partial charge in [0.05, 0.1) is 44.7 Å². The summed E-state index contributed by atoms with van der Waals surface area (Å²) >= 11 is 6.41. The number of aromatic amines is 1. The number of nitrogens with two attached hydrogens (primary N) is 1. The number of fused-ring (bicyclic) bond motifs is 1. The van der Waals surface area contributed by atoms with E-state index in [1.807, 2.05) is 0 Å². The first-order valence-corrected chi connectivity index (χ1v) is 14.3. The maximum atomic E-state index is 14.2. The van der Waals surface area contributed by atoms with Gasteiger partial charge in [0.25, 0.3) is 5.56 Å². The second-order valence-corrected chi connectivity index (χ2v) is 12.1. The number of amides is 1. The number of halogens is 4. The summed E-state index contributed by atoms with van der Waals surface area (Å²) in [6.07, 6.45) is -2.56. The van der Waals surface area contributed by atoms with Crippen molar-refractivity contribution in [1.82, 2.24) is 14.5 Å². The smallest absolute Gasteiger partial charge is 0.368 e. The number of rotatable bonds is 8. The zero-order valence-electron chi connectivity index (χ0n) is 21.3. The second-order valence-electron chi connectivity index (χ2n) is 9.46. The molecule has 1 amide bonds. The zero-order chi connectivity index (χ0) is 29.6. The Morgan fingerprint density at radius 3 is 2.55 bits per heavy atom. The standard InChI is InChI=1S/C26H26ClF3N4O5S/c1-3-14-7-8-20(40(38,39)4-2)15(10-14)12-34-24(36)16-11-18(26(28,29)30)17(21(27)22(16)32-25(34)37)13-33-9-5-6-19(33)23(31)35/h3,7-8,10-11,19H,1,4-6,9,12-13H2,2H3,(H2,31,35)(H,32,37)/t19-/m1/s1. The molecular formula is C26H26ClF3N4O5S. The Morgan fingerprint density at radius 2 is 1.95 bits per heavy atom. The van der Waals surface area contributed by atoms with E-state index in [0.717, 1.165) is 0 Å². The van der Waals surface area contributed by atoms with Crippen molar-refractivity contribution in [3.8, 4) is 0 Å². The van der Waals surface area contributed by atoms with Crippen molar-refractivity contribution >= 4 is 44.3 Å². The van der Waals surface area contributed by atoms with Gasteiger partial charge in [-0.1, -0.05) is 37.2 Å². The highest BCUT2D eigenvalue weighted by Gasteiger charge is 2.38. The minimum atomic E-state index is -4.93. The molecule has 2 heterocycles. The van der Waals surface area contributed by atoms with Crippen molar-refractivity contribution in [1.29, 1.82) is 0 Å². The maximum absolute atomic E-state index is 14.2. The first-order chi connectivity index (χ1) is 18.7. The topological polar surface area (TPSA) is 135 Å². The van der Waals surface area contributed by atoms with E-state index < -0.39 is 67.3 Å². The maximum Gasteiger partial charge on any atom is 0.416 e. The number of alkyl halides is 3. The molecule has 0 spiro atoms. The first kappa shape index (κ1) is 29.6. The van der Waals surface area contributed by atoms with Crippen molar-refractivity contribution < 1.29 is 26.4 Å². The fourth-order valence-corrected chi connectivity index (χ4v) is 6.38. The van der Waals surface area contributed by atoms with Gasteiger partial charge in [0.1, 0.15) is 0 Å². The van der Waals surface area contributed by atoms with Gasteiger partial charge in [-0.2, -0.15) is 13.2 Å². The lowest BCUT2D eigenvalue weighted by Gasteiger charge is -2.25. The second kappa shape index (κ2) is 10.9. The van der Waals surface area contributed by atoms with Crippen molar-refractivity contribution in [2.75, 3.05) is 12.3 Å². The number of nitrogens with one attached hydrogen (secondary N) is 1. The van der Waals surface area contributed by atoms with Crippen LogP contribution in [0.3, 0.4) is 0 Å². The summed E-state index contributed by atoms with van der Waals surface area (Å²) in [5.74, 6) is -0.929. The molecule has 14 heteroatoms. The Kier molecular flexibility index (Phi) is 8.03. The van der Waals surface area contributed by atoms with Crippen LogP contribution >= 0.6 is 11.6 Å². The number of hydrogen-bond acceptors (Lipinski definition) is 6. The summed E-state index contributed by atoms with van der Waals surface area (Å²) in [7, 11) is -3.77. The van der Waals surface area contributed by atoms with Gasteiger partial charge in [-0.15, -0.1) is 0 Å². The molecule has 3 N–H and O–H groups in total. The molecule has 1 fully saturated rings. The minimum absolute atomic E-state index is 0.0940. The van der Waals surface area contributed by atoms with Crippen LogP contribution in [0.2, 0.25) is 5.02 Å². The molecular weight excluding hydrogens is 573 g/mol. The van der Waals surface area contributed by atoms with E-state index in [1.54, 1.807) is 0 Å². The highest BCUT2D eigenvalue weighted by Crippen LogP contribution is 2.39. The molecule has 9 nitrogen and oxygen atoms in total. The average molecular weight is 599 g/mol. The minimum Gasteiger partial charge on any atom is -0.368 e. The molecule has 40 heavy (non-hydrogen) atoms. The molecule has 0 unspecified atom stereocenters. The van der Waals surface area contributed by atoms with E-state index in [2.05, 4.69) is 11.6 Å². The van der Waals surface area contributed by atoms with Gasteiger partial charge < -0.3 is 10.7 Å². The lowest BCUT2D eigenvalue weighted by molar-refractivity contribution is -0.138. The number of sulfone groups is 1. The molecule has 1 saturated heterocycles. The van der Waals surface area contributed by atoms with E-state index in [-0.39, 0.29) is 28.3 Å². The van der Waals surface area contributed by atoms with Crippen LogP contribution in [0.15, 0.2) is 45.3 Å². The summed E-state index contributed by atoms with van der Waals surface area (Å²) in [4.78, 5) is 42.1. The number of likely N-dealkylation sites (tertiary alicyclic amines) is 1. The number of H-pyrrole nitrogens is 1. The van der Waals surface area contributed by atoms with Crippen LogP contribution in [0.4, 0.5) is 13.2 Å². The van der Waals surface area contributed by atoms with Gasteiger partial charge in [-0.25, -0.2) is 13.2 Å². The zero-order valence-corrected chi connectivity index (χ0v) is 22.9. The van der Waals surface area contributed by atoms with E-state index in [4.69, 9.17) is 17.3 Å². The van der Waals surface area contributed by atoms with E-state index in [9.17, 15) is 36.0 Å². The van der Waals surface area contributed by atoms with E-state index >= 15 is 0 Å². The Balaban J connectivity index is 1.92. The normalized spacial score (nSPS) is 16.5. The molecule has 1 aromatic heterocycles. The lowest BCUT2D eigenvalue weighted by Crippen LogP contribution is -2.40. The molecule has 1 aliphatic rings. The van der Waals surface area contributed by atoms with Crippen molar-refractivity contribution in [3.63, 3.8) is 0 Å². The van der Waals surface area contributed by atoms with Crippen LogP contribution in [-0.4, -0.2) is 47.1 Å². The summed E-state index contributed by atoms with van der Waals surface area (Å²) in [5.41, 5.74) is 2.03. The molecule has 4 rings (SSSR count). The molecule has 0 saturated carbocycles. The summed E-state index contributed by atoms with van der Waals surface area (Å²) < 4.78 is 68.6. The number of primary amides is 1. The van der Waals surface area contributed by atoms with Crippen LogP contribution in [0, 0.1) is 0 Å². The number of nitrogens with zero attached hydrogens (tertiary/aromatic N) is 2. The van der Waals surface area contributed by atoms with Crippen LogP contribution in [0.5, 0.6) is 0 Å². The average Bonchev–Trinajstić information content (AvgIpc) is 3.36. The lowest BCUT2D eigenvalue weighted by atomic mass is 10.0. The molecule has 1 aliphatic heterocycles. The number of carbonyl (C=O) groups excluding carboxylic acids is 1. The third-order valence-corrected chi connectivity index (χ3v) is 9.29. The van der Waals surface area contributed by atoms with Crippen molar-refractivity contribution in [2.24, 2.45) is 5.73 Å². The van der Waals surface area contributed by atoms with Crippen LogP contribution in [0.25, 0.3) is 17.0 Å². The van der Waals surface area contributed by atoms with Crippen LogP contribution in [-0.2, 0) is 33.9 Å². The molecule has 0 radical (unpaired) electrons. The Bertz CT molecular complexity index is 1750. The first-order valence-electron chi connectivity index (χ1n) is 12.3. The number of benzene rings is 2. The Morgan fingerprint density at radius 1 is 1.25 bits per heavy atom. The Hall–Kier alpha value is -3.42. The SMILES string of the molecule is C=Cc1ccc(S(=O)(=O)CC)c(Cn2c(=O)[nH]c3c(Cl)c(CN4CCC[C@@H]4C(N)=O)c(C(F)(F)F)cc3c2=O)c1. The molecule has 0 aliphatic carbocycles. The molecule has 1 atom stereocenters. The van der Waals surface area contributed by atoms with Crippen molar-refractivity contribution in [2.45, 2.75) is 50.0 Å². The third kappa shape index (κ3) is 5.45. The van der Waals surface area contributed by atoms with Crippen LogP contribution in [0.1, 0.15) is 42.0 Å². The van der Waals surface area contributed by atoms with Gasteiger partial charge in [0.15, 0.2) is 9.84 Å². The third-order valence-electron chi connectivity index (χ3n) is 7.04. The molecule has 0 bridgehead atoms. The quantitative estimate of drug-likeness (QED) is 0.408. The number of aromatic nitrogens is 2.